The van der Waals surface area contributed by atoms with E-state index in [9.17, 15) is 9.59 Å². The van der Waals surface area contributed by atoms with Gasteiger partial charge in [-0.3, -0.25) is 14.6 Å². The highest BCUT2D eigenvalue weighted by Gasteiger charge is 2.20. The Morgan fingerprint density at radius 2 is 1.83 bits per heavy atom. The molecule has 2 N–H and O–H groups in total. The summed E-state index contributed by atoms with van der Waals surface area (Å²) in [4.78, 5) is 25.5. The predicted octanol–water partition coefficient (Wildman–Crippen LogP) is 4.52. The zero-order valence-corrected chi connectivity index (χ0v) is 19.7. The van der Waals surface area contributed by atoms with Gasteiger partial charge in [0.15, 0.2) is 5.69 Å². The average Bonchev–Trinajstić information content (AvgIpc) is 3.53. The van der Waals surface area contributed by atoms with Crippen LogP contribution in [0.15, 0.2) is 79.0 Å². The van der Waals surface area contributed by atoms with Crippen molar-refractivity contribution in [2.24, 2.45) is 0 Å². The van der Waals surface area contributed by atoms with Crippen LogP contribution in [0.5, 0.6) is 5.75 Å². The molecule has 0 radical (unpaired) electrons. The number of fused-ring (bicyclic) bond motifs is 1. The second kappa shape index (κ2) is 9.75. The second-order valence-electron chi connectivity index (χ2n) is 8.08. The highest BCUT2D eigenvalue weighted by Crippen LogP contribution is 2.28. The molecular weight excluding hydrogens is 458 g/mol. The predicted molar refractivity (Wildman–Crippen MR) is 135 cm³/mol. The van der Waals surface area contributed by atoms with Gasteiger partial charge >= 0.3 is 5.97 Å². The van der Waals surface area contributed by atoms with Crippen LogP contribution in [0.2, 0.25) is 0 Å². The number of amides is 1. The van der Waals surface area contributed by atoms with Gasteiger partial charge in [-0.25, -0.2) is 4.79 Å². The Bertz CT molecular complexity index is 1560. The minimum atomic E-state index is -0.563. The molecular formula is C27H23N5O4. The molecule has 1 amide bonds. The number of ether oxygens (including phenoxy) is 2. The average molecular weight is 482 g/mol. The molecule has 36 heavy (non-hydrogen) atoms. The molecule has 9 nitrogen and oxygen atoms in total. The van der Waals surface area contributed by atoms with Crippen molar-refractivity contribution in [3.05, 3.63) is 95.8 Å². The molecule has 3 aromatic carbocycles. The number of carbonyl (C=O) groups is 2. The quantitative estimate of drug-likeness (QED) is 0.331. The molecule has 0 aliphatic heterocycles. The highest BCUT2D eigenvalue weighted by atomic mass is 16.5. The molecule has 5 rings (SSSR count). The standard InChI is InChI=1S/C27H23N5O4/c1-35-20-10-6-9-18(13-20)24-22(16-32(31-24)15-17-7-4-3-5-8-17)26(33)28-19-11-12-23-21(14-19)25(30-29-23)27(34)36-2/h3-14,16H,15H2,1-2H3,(H,28,33)(H,29,30). The molecule has 5 aromatic rings. The summed E-state index contributed by atoms with van der Waals surface area (Å²) in [6.45, 7) is 0.508. The number of nitrogens with zero attached hydrogens (tertiary/aromatic N) is 3. The summed E-state index contributed by atoms with van der Waals surface area (Å²) in [7, 11) is 2.89. The molecule has 0 aliphatic carbocycles. The normalized spacial score (nSPS) is 10.8. The van der Waals surface area contributed by atoms with Gasteiger partial charge < -0.3 is 14.8 Å². The third-order valence-corrected chi connectivity index (χ3v) is 5.74. The Labute approximate surface area is 206 Å². The van der Waals surface area contributed by atoms with E-state index in [0.717, 1.165) is 11.1 Å². The smallest absolute Gasteiger partial charge is 0.359 e. The molecule has 2 aromatic heterocycles. The Balaban J connectivity index is 1.51. The maximum absolute atomic E-state index is 13.5. The first kappa shape index (κ1) is 22.9. The van der Waals surface area contributed by atoms with Crippen LogP contribution in [0.3, 0.4) is 0 Å². The lowest BCUT2D eigenvalue weighted by Gasteiger charge is -2.07. The summed E-state index contributed by atoms with van der Waals surface area (Å²) in [6, 6.07) is 22.5. The van der Waals surface area contributed by atoms with Crippen LogP contribution >= 0.6 is 0 Å². The number of rotatable bonds is 7. The van der Waals surface area contributed by atoms with Crippen molar-refractivity contribution in [3.8, 4) is 17.0 Å². The monoisotopic (exact) mass is 481 g/mol. The van der Waals surface area contributed by atoms with Crippen molar-refractivity contribution in [1.29, 1.82) is 0 Å². The van der Waals surface area contributed by atoms with Crippen molar-refractivity contribution in [3.63, 3.8) is 0 Å². The molecule has 9 heteroatoms. The van der Waals surface area contributed by atoms with E-state index in [4.69, 9.17) is 14.6 Å². The van der Waals surface area contributed by atoms with Crippen molar-refractivity contribution >= 4 is 28.5 Å². The highest BCUT2D eigenvalue weighted by molar-refractivity contribution is 6.09. The maximum atomic E-state index is 13.5. The number of hydrogen-bond donors (Lipinski definition) is 2. The first-order valence-electron chi connectivity index (χ1n) is 11.2. The van der Waals surface area contributed by atoms with Crippen molar-refractivity contribution < 1.29 is 19.1 Å². The lowest BCUT2D eigenvalue weighted by molar-refractivity contribution is 0.0596. The Kier molecular flexibility index (Phi) is 6.19. The zero-order chi connectivity index (χ0) is 25.1. The van der Waals surface area contributed by atoms with E-state index in [2.05, 4.69) is 15.5 Å². The zero-order valence-electron chi connectivity index (χ0n) is 19.7. The maximum Gasteiger partial charge on any atom is 0.359 e. The van der Waals surface area contributed by atoms with E-state index >= 15 is 0 Å². The second-order valence-corrected chi connectivity index (χ2v) is 8.08. The number of benzene rings is 3. The van der Waals surface area contributed by atoms with E-state index in [1.54, 1.807) is 36.2 Å². The summed E-state index contributed by atoms with van der Waals surface area (Å²) in [5, 5.41) is 15.0. The fourth-order valence-corrected chi connectivity index (χ4v) is 3.97. The fraction of sp³-hybridized carbons (Fsp3) is 0.111. The number of hydrogen-bond acceptors (Lipinski definition) is 6. The largest absolute Gasteiger partial charge is 0.497 e. The van der Waals surface area contributed by atoms with E-state index in [-0.39, 0.29) is 11.6 Å². The summed E-state index contributed by atoms with van der Waals surface area (Å²) < 4.78 is 11.9. The number of anilines is 1. The summed E-state index contributed by atoms with van der Waals surface area (Å²) in [6.07, 6.45) is 1.73. The molecule has 0 atom stereocenters. The molecule has 0 spiro atoms. The minimum absolute atomic E-state index is 0.149. The molecule has 0 saturated heterocycles. The molecule has 0 saturated carbocycles. The number of esters is 1. The van der Waals surface area contributed by atoms with Crippen molar-refractivity contribution in [2.45, 2.75) is 6.54 Å². The van der Waals surface area contributed by atoms with Crippen LogP contribution in [0, 0.1) is 0 Å². The first-order valence-corrected chi connectivity index (χ1v) is 11.2. The lowest BCUT2D eigenvalue weighted by Crippen LogP contribution is -2.12. The van der Waals surface area contributed by atoms with Crippen LogP contribution in [0.4, 0.5) is 5.69 Å². The fourth-order valence-electron chi connectivity index (χ4n) is 3.97. The molecule has 180 valence electrons. The van der Waals surface area contributed by atoms with Crippen LogP contribution in [0.25, 0.3) is 22.2 Å². The SMILES string of the molecule is COC(=O)c1n[nH]c2ccc(NC(=O)c3cn(Cc4ccccc4)nc3-c3cccc(OC)c3)cc12. The van der Waals surface area contributed by atoms with E-state index in [1.807, 2.05) is 54.6 Å². The first-order chi connectivity index (χ1) is 17.6. The lowest BCUT2D eigenvalue weighted by atomic mass is 10.1. The Hall–Kier alpha value is -4.92. The number of aromatic amines is 1. The van der Waals surface area contributed by atoms with Crippen LogP contribution in [0.1, 0.15) is 26.4 Å². The van der Waals surface area contributed by atoms with Gasteiger partial charge in [-0.1, -0.05) is 42.5 Å². The van der Waals surface area contributed by atoms with Crippen molar-refractivity contribution in [2.75, 3.05) is 19.5 Å². The van der Waals surface area contributed by atoms with Crippen LogP contribution < -0.4 is 10.1 Å². The van der Waals surface area contributed by atoms with Gasteiger partial charge in [0.25, 0.3) is 5.91 Å². The van der Waals surface area contributed by atoms with Crippen molar-refractivity contribution in [1.82, 2.24) is 20.0 Å². The van der Waals surface area contributed by atoms with Gasteiger partial charge in [-0.2, -0.15) is 10.2 Å². The Morgan fingerprint density at radius 1 is 1.00 bits per heavy atom. The number of aromatic nitrogens is 4. The molecule has 0 unspecified atom stereocenters. The van der Waals surface area contributed by atoms with Gasteiger partial charge in [0.1, 0.15) is 11.4 Å². The van der Waals surface area contributed by atoms with Gasteiger partial charge in [0.2, 0.25) is 0 Å². The number of nitrogens with one attached hydrogen (secondary N) is 2. The topological polar surface area (TPSA) is 111 Å². The molecule has 0 aliphatic rings. The Morgan fingerprint density at radius 3 is 2.61 bits per heavy atom. The van der Waals surface area contributed by atoms with E-state index in [0.29, 0.717) is 40.1 Å². The number of carbonyl (C=O) groups excluding carboxylic acids is 2. The van der Waals surface area contributed by atoms with Crippen LogP contribution in [-0.2, 0) is 11.3 Å². The number of methoxy groups -OCH3 is 2. The molecule has 0 fully saturated rings. The summed E-state index contributed by atoms with van der Waals surface area (Å²) in [5.41, 5.74) is 4.06. The van der Waals surface area contributed by atoms with E-state index in [1.165, 1.54) is 7.11 Å². The summed E-state index contributed by atoms with van der Waals surface area (Å²) >= 11 is 0. The molecule has 2 heterocycles. The number of H-pyrrole nitrogens is 1. The molecule has 0 bridgehead atoms. The van der Waals surface area contributed by atoms with Gasteiger partial charge in [0, 0.05) is 22.8 Å². The van der Waals surface area contributed by atoms with Crippen LogP contribution in [-0.4, -0.2) is 46.1 Å². The van der Waals surface area contributed by atoms with Gasteiger partial charge in [-0.15, -0.1) is 0 Å². The van der Waals surface area contributed by atoms with Gasteiger partial charge in [-0.05, 0) is 35.9 Å². The van der Waals surface area contributed by atoms with Gasteiger partial charge in [0.05, 0.1) is 31.8 Å². The third-order valence-electron chi connectivity index (χ3n) is 5.74. The minimum Gasteiger partial charge on any atom is -0.497 e. The van der Waals surface area contributed by atoms with E-state index < -0.39 is 5.97 Å². The third kappa shape index (κ3) is 4.54. The summed E-state index contributed by atoms with van der Waals surface area (Å²) in [5.74, 6) is -0.237.